The minimum Gasteiger partial charge on any atom is -0.451 e. The van der Waals surface area contributed by atoms with Crippen LogP contribution >= 0.6 is 0 Å². The molecule has 0 bridgehead atoms. The number of unbranched alkanes of at least 4 members (excludes halogenated alkanes) is 1. The van der Waals surface area contributed by atoms with Crippen LogP contribution in [0, 0.1) is 34.9 Å². The molecule has 0 unspecified atom stereocenters. The standard InChI is InChI=1S/C42H65FN8O8/c1-11-12-14-27(6)21-32-40(56)49(8)28(7)42(58)59-35(15-13-18-44)39(55)46-24-36(52)50(9)33(20-26(4)5)37(53)47-31(19-25(2)3)41(57)51(10)34(38(54)48-32)22-30-17-16-29(43)23-45-30/h16-17,23,25-28,31-35H,11-15,19-22,24H2,1-10H3,(H,46,55)(H,47,53)(H,48,54)/t27-,28+,31+,32+,33+,34+,35-/m1/s1. The van der Waals surface area contributed by atoms with Gasteiger partial charge in [0.25, 0.3) is 5.91 Å². The molecular formula is C42H65FN8O8. The van der Waals surface area contributed by atoms with Crippen molar-refractivity contribution in [1.29, 1.82) is 5.26 Å². The maximum Gasteiger partial charge on any atom is 0.329 e. The molecule has 1 saturated heterocycles. The second-order valence-corrected chi connectivity index (χ2v) is 16.5. The number of nitrogens with one attached hydrogen (secondary N) is 3. The molecule has 59 heavy (non-hydrogen) atoms. The molecule has 1 aromatic rings. The van der Waals surface area contributed by atoms with Gasteiger partial charge in [0.05, 0.1) is 18.8 Å². The fourth-order valence-corrected chi connectivity index (χ4v) is 6.79. The first-order valence-electron chi connectivity index (χ1n) is 20.6. The Labute approximate surface area is 348 Å². The van der Waals surface area contributed by atoms with Crippen LogP contribution in [0.4, 0.5) is 4.39 Å². The maximum absolute atomic E-state index is 14.5. The number of ether oxygens (including phenoxy) is 1. The molecule has 328 valence electrons. The summed E-state index contributed by atoms with van der Waals surface area (Å²) < 4.78 is 19.5. The van der Waals surface area contributed by atoms with Gasteiger partial charge in [-0.1, -0.05) is 60.8 Å². The molecule has 0 aliphatic carbocycles. The van der Waals surface area contributed by atoms with Crippen molar-refractivity contribution in [2.45, 2.75) is 143 Å². The van der Waals surface area contributed by atoms with Gasteiger partial charge in [-0.25, -0.2) is 9.18 Å². The predicted octanol–water partition coefficient (Wildman–Crippen LogP) is 2.89. The normalized spacial score (nSPS) is 24.3. The van der Waals surface area contributed by atoms with Gasteiger partial charge in [-0.15, -0.1) is 0 Å². The van der Waals surface area contributed by atoms with Crippen LogP contribution in [0.5, 0.6) is 0 Å². The lowest BCUT2D eigenvalue weighted by molar-refractivity contribution is -0.163. The summed E-state index contributed by atoms with van der Waals surface area (Å²) in [6, 6.07) is -1.50. The van der Waals surface area contributed by atoms with Crippen molar-refractivity contribution in [3.8, 4) is 6.07 Å². The Morgan fingerprint density at radius 2 is 1.44 bits per heavy atom. The summed E-state index contributed by atoms with van der Waals surface area (Å²) >= 11 is 0. The lowest BCUT2D eigenvalue weighted by atomic mass is 9.94. The van der Waals surface area contributed by atoms with Crippen LogP contribution < -0.4 is 16.0 Å². The monoisotopic (exact) mass is 828 g/mol. The predicted molar refractivity (Wildman–Crippen MR) is 217 cm³/mol. The Morgan fingerprint density at radius 1 is 0.847 bits per heavy atom. The van der Waals surface area contributed by atoms with Crippen molar-refractivity contribution >= 4 is 41.4 Å². The van der Waals surface area contributed by atoms with Gasteiger partial charge in [-0.2, -0.15) is 5.26 Å². The van der Waals surface area contributed by atoms with E-state index in [4.69, 9.17) is 4.74 Å². The minimum absolute atomic E-state index is 0.0600. The summed E-state index contributed by atoms with van der Waals surface area (Å²) in [7, 11) is 4.17. The number of rotatable bonds is 13. The molecule has 0 radical (unpaired) electrons. The second-order valence-electron chi connectivity index (χ2n) is 16.5. The fourth-order valence-electron chi connectivity index (χ4n) is 6.79. The third kappa shape index (κ3) is 15.5. The van der Waals surface area contributed by atoms with Crippen molar-refractivity contribution < 1.29 is 42.7 Å². The third-order valence-electron chi connectivity index (χ3n) is 10.5. The molecule has 16 nitrogen and oxygen atoms in total. The molecule has 0 spiro atoms. The minimum atomic E-state index is -1.49. The molecular weight excluding hydrogens is 764 g/mol. The molecule has 1 aromatic heterocycles. The lowest BCUT2D eigenvalue weighted by Crippen LogP contribution is -2.60. The van der Waals surface area contributed by atoms with Gasteiger partial charge in [0.2, 0.25) is 29.5 Å². The Hall–Kier alpha value is -5.14. The van der Waals surface area contributed by atoms with E-state index in [0.29, 0.717) is 0 Å². The van der Waals surface area contributed by atoms with Crippen LogP contribution in [-0.2, 0) is 44.7 Å². The number of nitriles is 1. The van der Waals surface area contributed by atoms with Crippen LogP contribution in [0.25, 0.3) is 0 Å². The summed E-state index contributed by atoms with van der Waals surface area (Å²) in [5.41, 5.74) is 0.278. The van der Waals surface area contributed by atoms with E-state index in [9.17, 15) is 43.2 Å². The molecule has 0 aromatic carbocycles. The average Bonchev–Trinajstić information content (AvgIpc) is 3.19. The number of likely N-dealkylation sites (N-methyl/N-ethyl adjacent to an activating group) is 3. The number of pyridine rings is 1. The zero-order valence-corrected chi connectivity index (χ0v) is 36.4. The van der Waals surface area contributed by atoms with E-state index in [1.807, 2.05) is 47.6 Å². The summed E-state index contributed by atoms with van der Waals surface area (Å²) in [5, 5.41) is 17.4. The van der Waals surface area contributed by atoms with Crippen molar-refractivity contribution in [2.75, 3.05) is 27.7 Å². The highest BCUT2D eigenvalue weighted by Gasteiger charge is 2.39. The first-order chi connectivity index (χ1) is 27.7. The van der Waals surface area contributed by atoms with E-state index in [1.54, 1.807) is 0 Å². The fraction of sp³-hybridized carbons (Fsp3) is 0.690. The Bertz CT molecular complexity index is 1650. The topological polar surface area (TPSA) is 211 Å². The highest BCUT2D eigenvalue weighted by molar-refractivity contribution is 5.97. The zero-order valence-electron chi connectivity index (χ0n) is 36.4. The molecule has 1 fully saturated rings. The quantitative estimate of drug-likeness (QED) is 0.248. The molecule has 2 rings (SSSR count). The van der Waals surface area contributed by atoms with Gasteiger partial charge in [0.1, 0.15) is 36.0 Å². The number of carbonyl (C=O) groups excluding carboxylic acids is 7. The number of halogens is 1. The molecule has 1 aliphatic rings. The summed E-state index contributed by atoms with van der Waals surface area (Å²) in [4.78, 5) is 105. The van der Waals surface area contributed by atoms with Gasteiger partial charge in [0, 0.05) is 46.1 Å². The first kappa shape index (κ1) is 50.0. The highest BCUT2D eigenvalue weighted by Crippen LogP contribution is 2.20. The molecule has 2 heterocycles. The largest absolute Gasteiger partial charge is 0.451 e. The number of carbonyl (C=O) groups is 7. The van der Waals surface area contributed by atoms with Crippen molar-refractivity contribution in [3.05, 3.63) is 29.8 Å². The third-order valence-corrected chi connectivity index (χ3v) is 10.5. The summed E-state index contributed by atoms with van der Waals surface area (Å²) in [6.07, 6.45) is 1.99. The van der Waals surface area contributed by atoms with Gasteiger partial charge >= 0.3 is 5.97 Å². The number of aromatic nitrogens is 1. The maximum atomic E-state index is 14.5. The van der Waals surface area contributed by atoms with Crippen LogP contribution in [0.1, 0.15) is 106 Å². The molecule has 0 saturated carbocycles. The highest BCUT2D eigenvalue weighted by atomic mass is 19.1. The van der Waals surface area contributed by atoms with E-state index in [2.05, 4.69) is 20.9 Å². The van der Waals surface area contributed by atoms with Crippen LogP contribution in [0.2, 0.25) is 0 Å². The van der Waals surface area contributed by atoms with Gasteiger partial charge in [-0.05, 0) is 56.1 Å². The Morgan fingerprint density at radius 3 is 2.00 bits per heavy atom. The van der Waals surface area contributed by atoms with E-state index in [1.165, 1.54) is 50.0 Å². The molecule has 3 N–H and O–H groups in total. The van der Waals surface area contributed by atoms with Gasteiger partial charge in [-0.3, -0.25) is 33.8 Å². The second kappa shape index (κ2) is 24.1. The van der Waals surface area contributed by atoms with Gasteiger partial charge in [0.15, 0.2) is 6.10 Å². The van der Waals surface area contributed by atoms with E-state index in [-0.39, 0.29) is 62.0 Å². The number of hydrogen-bond donors (Lipinski definition) is 3. The average molecular weight is 829 g/mol. The van der Waals surface area contributed by atoms with Crippen molar-refractivity contribution in [3.63, 3.8) is 0 Å². The molecule has 6 amide bonds. The van der Waals surface area contributed by atoms with Gasteiger partial charge < -0.3 is 35.4 Å². The van der Waals surface area contributed by atoms with Crippen LogP contribution in [-0.4, -0.2) is 125 Å². The first-order valence-corrected chi connectivity index (χ1v) is 20.6. The SMILES string of the molecule is CCCC[C@@H](C)C[C@@H]1NC(=O)[C@H](Cc2ccc(F)cn2)N(C)C(=O)[C@H](CC(C)C)NC(=O)[C@H](CC(C)C)N(C)C(=O)CNC(=O)[C@@H](CCC#N)OC(=O)[C@H](C)N(C)C1=O. The number of hydrogen-bond acceptors (Lipinski definition) is 10. The van der Waals surface area contributed by atoms with E-state index < -0.39 is 90.1 Å². The Kier molecular flexibility index (Phi) is 20.4. The van der Waals surface area contributed by atoms with Crippen LogP contribution in [0.15, 0.2) is 18.3 Å². The van der Waals surface area contributed by atoms with Crippen LogP contribution in [0.3, 0.4) is 0 Å². The van der Waals surface area contributed by atoms with E-state index >= 15 is 0 Å². The summed E-state index contributed by atoms with van der Waals surface area (Å²) in [5.74, 6) is -5.96. The molecule has 7 atom stereocenters. The number of esters is 1. The van der Waals surface area contributed by atoms with E-state index in [0.717, 1.165) is 30.4 Å². The van der Waals surface area contributed by atoms with Crippen molar-refractivity contribution in [1.82, 2.24) is 35.6 Å². The van der Waals surface area contributed by atoms with Crippen molar-refractivity contribution in [2.24, 2.45) is 17.8 Å². The molecule has 17 heteroatoms. The number of amides is 6. The number of nitrogens with zero attached hydrogens (tertiary/aromatic N) is 5. The zero-order chi connectivity index (χ0) is 44.6. The Balaban J connectivity index is 2.79. The smallest absolute Gasteiger partial charge is 0.329 e. The number of cyclic esters (lactones) is 1. The molecule has 1 aliphatic heterocycles. The summed E-state index contributed by atoms with van der Waals surface area (Å²) in [6.45, 7) is 12.2. The lowest BCUT2D eigenvalue weighted by Gasteiger charge is -2.35.